The third kappa shape index (κ3) is 1.92. The second-order valence-corrected chi connectivity index (χ2v) is 2.43. The van der Waals surface area contributed by atoms with Crippen LogP contribution >= 0.6 is 0 Å². The molecule has 1 rings (SSSR count). The lowest BCUT2D eigenvalue weighted by atomic mass is 10.2. The minimum absolute atomic E-state index is 0.166. The Kier molecular flexibility index (Phi) is 2.57. The zero-order valence-corrected chi connectivity index (χ0v) is 6.12. The Hall–Kier alpha value is -0.700. The molecular formula is C7H12N2O. The van der Waals surface area contributed by atoms with Crippen LogP contribution in [0.15, 0.2) is 9.98 Å². The van der Waals surface area contributed by atoms with Crippen LogP contribution in [0.5, 0.6) is 0 Å². The van der Waals surface area contributed by atoms with Crippen LogP contribution in [0.3, 0.4) is 0 Å². The number of rotatable bonds is 2. The predicted octanol–water partition coefficient (Wildman–Crippen LogP) is 0.283. The van der Waals surface area contributed by atoms with Crippen molar-refractivity contribution in [3.63, 3.8) is 0 Å². The van der Waals surface area contributed by atoms with Crippen LogP contribution in [-0.4, -0.2) is 36.2 Å². The summed E-state index contributed by atoms with van der Waals surface area (Å²) in [5.74, 6) is 0. The van der Waals surface area contributed by atoms with Crippen molar-refractivity contribution in [2.45, 2.75) is 19.4 Å². The van der Waals surface area contributed by atoms with Gasteiger partial charge in [0.15, 0.2) is 0 Å². The van der Waals surface area contributed by atoms with Crippen molar-refractivity contribution in [2.75, 3.05) is 13.2 Å². The molecule has 0 saturated carbocycles. The first-order valence-electron chi connectivity index (χ1n) is 3.50. The number of hydrogen-bond donors (Lipinski definition) is 1. The third-order valence-corrected chi connectivity index (χ3v) is 1.40. The van der Waals surface area contributed by atoms with Gasteiger partial charge in [-0.05, 0) is 6.92 Å². The van der Waals surface area contributed by atoms with Crippen molar-refractivity contribution in [2.24, 2.45) is 9.98 Å². The van der Waals surface area contributed by atoms with Gasteiger partial charge in [-0.3, -0.25) is 9.98 Å². The Balaban J connectivity index is 2.42. The predicted molar refractivity (Wildman–Crippen MR) is 42.0 cm³/mol. The maximum atomic E-state index is 8.54. The Labute approximate surface area is 60.5 Å². The summed E-state index contributed by atoms with van der Waals surface area (Å²) >= 11 is 0. The van der Waals surface area contributed by atoms with Crippen LogP contribution < -0.4 is 0 Å². The minimum Gasteiger partial charge on any atom is -0.396 e. The molecule has 0 radical (unpaired) electrons. The summed E-state index contributed by atoms with van der Waals surface area (Å²) in [7, 11) is 0. The standard InChI is InChI=1S/C7H12N2O/c1-6-4-9-7(2-3-10)5-8-6/h5-6,10H,2-4H2,1H3. The zero-order valence-electron chi connectivity index (χ0n) is 6.12. The molecule has 0 aromatic heterocycles. The summed E-state index contributed by atoms with van der Waals surface area (Å²) in [6.07, 6.45) is 2.39. The molecule has 0 aliphatic carbocycles. The number of hydrogen-bond acceptors (Lipinski definition) is 3. The highest BCUT2D eigenvalue weighted by Crippen LogP contribution is 1.97. The Morgan fingerprint density at radius 1 is 1.80 bits per heavy atom. The van der Waals surface area contributed by atoms with Gasteiger partial charge in [0.25, 0.3) is 0 Å². The molecule has 3 nitrogen and oxygen atoms in total. The van der Waals surface area contributed by atoms with Crippen LogP contribution in [0, 0.1) is 0 Å². The zero-order chi connectivity index (χ0) is 7.40. The Morgan fingerprint density at radius 3 is 3.10 bits per heavy atom. The lowest BCUT2D eigenvalue weighted by molar-refractivity contribution is 0.307. The van der Waals surface area contributed by atoms with Gasteiger partial charge in [0, 0.05) is 19.2 Å². The highest BCUT2D eigenvalue weighted by Gasteiger charge is 2.03. The molecule has 56 valence electrons. The summed E-state index contributed by atoms with van der Waals surface area (Å²) in [6.45, 7) is 2.96. The molecule has 0 bridgehead atoms. The number of aliphatic hydroxyl groups excluding tert-OH is 1. The molecule has 1 atom stereocenters. The van der Waals surface area contributed by atoms with E-state index in [4.69, 9.17) is 5.11 Å². The maximum absolute atomic E-state index is 8.54. The highest BCUT2D eigenvalue weighted by molar-refractivity contribution is 6.31. The topological polar surface area (TPSA) is 45.0 Å². The first-order chi connectivity index (χ1) is 4.83. The molecule has 0 saturated heterocycles. The molecule has 1 heterocycles. The van der Waals surface area contributed by atoms with E-state index in [-0.39, 0.29) is 6.61 Å². The fourth-order valence-electron chi connectivity index (χ4n) is 0.809. The quantitative estimate of drug-likeness (QED) is 0.588. The van der Waals surface area contributed by atoms with Gasteiger partial charge in [-0.25, -0.2) is 0 Å². The van der Waals surface area contributed by atoms with E-state index in [9.17, 15) is 0 Å². The summed E-state index contributed by atoms with van der Waals surface area (Å²) < 4.78 is 0. The molecule has 0 aromatic carbocycles. The molecule has 10 heavy (non-hydrogen) atoms. The summed E-state index contributed by atoms with van der Waals surface area (Å²) in [6, 6.07) is 0.322. The monoisotopic (exact) mass is 140 g/mol. The molecule has 0 spiro atoms. The molecule has 0 aromatic rings. The summed E-state index contributed by atoms with van der Waals surface area (Å²) in [4.78, 5) is 8.37. The average Bonchev–Trinajstić information content (AvgIpc) is 1.95. The maximum Gasteiger partial charge on any atom is 0.0667 e. The summed E-state index contributed by atoms with van der Waals surface area (Å²) in [5.41, 5.74) is 0.917. The van der Waals surface area contributed by atoms with E-state index in [2.05, 4.69) is 9.98 Å². The number of aliphatic imine (C=N–C) groups is 2. The highest BCUT2D eigenvalue weighted by atomic mass is 16.3. The smallest absolute Gasteiger partial charge is 0.0667 e. The molecule has 0 fully saturated rings. The van der Waals surface area contributed by atoms with Crippen molar-refractivity contribution in [1.82, 2.24) is 0 Å². The number of nitrogens with zero attached hydrogens (tertiary/aromatic N) is 2. The lowest BCUT2D eigenvalue weighted by Crippen LogP contribution is -2.16. The van der Waals surface area contributed by atoms with E-state index in [0.29, 0.717) is 12.5 Å². The van der Waals surface area contributed by atoms with Crippen molar-refractivity contribution in [3.05, 3.63) is 0 Å². The van der Waals surface area contributed by atoms with Crippen LogP contribution in [-0.2, 0) is 0 Å². The average molecular weight is 140 g/mol. The largest absolute Gasteiger partial charge is 0.396 e. The summed E-state index contributed by atoms with van der Waals surface area (Å²) in [5, 5.41) is 8.54. The molecule has 3 heteroatoms. The molecule has 0 amide bonds. The second kappa shape index (κ2) is 3.46. The van der Waals surface area contributed by atoms with Gasteiger partial charge in [-0.2, -0.15) is 0 Å². The fourth-order valence-corrected chi connectivity index (χ4v) is 0.809. The normalized spacial score (nSPS) is 24.6. The minimum atomic E-state index is 0.166. The second-order valence-electron chi connectivity index (χ2n) is 2.43. The first kappa shape index (κ1) is 7.41. The lowest BCUT2D eigenvalue weighted by Gasteiger charge is -2.08. The van der Waals surface area contributed by atoms with E-state index in [1.165, 1.54) is 0 Å². The molecular weight excluding hydrogens is 128 g/mol. The first-order valence-corrected chi connectivity index (χ1v) is 3.50. The van der Waals surface area contributed by atoms with E-state index in [1.54, 1.807) is 6.21 Å². The van der Waals surface area contributed by atoms with Gasteiger partial charge >= 0.3 is 0 Å². The van der Waals surface area contributed by atoms with Crippen molar-refractivity contribution >= 4 is 11.9 Å². The Bertz CT molecular complexity index is 163. The fraction of sp³-hybridized carbons (Fsp3) is 0.714. The van der Waals surface area contributed by atoms with Crippen LogP contribution in [0.25, 0.3) is 0 Å². The van der Waals surface area contributed by atoms with Crippen LogP contribution in [0.2, 0.25) is 0 Å². The van der Waals surface area contributed by atoms with Gasteiger partial charge in [0.1, 0.15) is 0 Å². The van der Waals surface area contributed by atoms with Crippen LogP contribution in [0.4, 0.5) is 0 Å². The van der Waals surface area contributed by atoms with E-state index in [0.717, 1.165) is 12.3 Å². The van der Waals surface area contributed by atoms with Gasteiger partial charge in [-0.15, -0.1) is 0 Å². The Morgan fingerprint density at radius 2 is 2.60 bits per heavy atom. The number of aliphatic hydroxyl groups is 1. The van der Waals surface area contributed by atoms with Gasteiger partial charge < -0.3 is 5.11 Å². The van der Waals surface area contributed by atoms with Crippen LogP contribution in [0.1, 0.15) is 13.3 Å². The third-order valence-electron chi connectivity index (χ3n) is 1.40. The SMILES string of the molecule is CC1CN=C(CCO)C=N1. The van der Waals surface area contributed by atoms with Crippen molar-refractivity contribution < 1.29 is 5.11 Å². The molecule has 1 N–H and O–H groups in total. The van der Waals surface area contributed by atoms with E-state index < -0.39 is 0 Å². The molecule has 1 aliphatic rings. The van der Waals surface area contributed by atoms with E-state index >= 15 is 0 Å². The van der Waals surface area contributed by atoms with Gasteiger partial charge in [0.2, 0.25) is 0 Å². The molecule has 1 unspecified atom stereocenters. The van der Waals surface area contributed by atoms with Crippen molar-refractivity contribution in [3.8, 4) is 0 Å². The van der Waals surface area contributed by atoms with Gasteiger partial charge in [0.05, 0.1) is 18.3 Å². The van der Waals surface area contributed by atoms with Crippen molar-refractivity contribution in [1.29, 1.82) is 0 Å². The van der Waals surface area contributed by atoms with E-state index in [1.807, 2.05) is 6.92 Å². The molecule has 1 aliphatic heterocycles. The van der Waals surface area contributed by atoms with Gasteiger partial charge in [-0.1, -0.05) is 0 Å².